The molecule has 2 heterocycles. The van der Waals surface area contributed by atoms with Crippen molar-refractivity contribution < 1.29 is 23.3 Å². The maximum absolute atomic E-state index is 12.2. The Morgan fingerprint density at radius 3 is 2.88 bits per heavy atom. The predicted molar refractivity (Wildman–Crippen MR) is 85.6 cm³/mol. The van der Waals surface area contributed by atoms with Gasteiger partial charge in [0, 0.05) is 11.3 Å². The third-order valence-electron chi connectivity index (χ3n) is 3.16. The van der Waals surface area contributed by atoms with E-state index in [0.29, 0.717) is 22.8 Å². The molecule has 0 aliphatic heterocycles. The molecule has 0 fully saturated rings. The first-order valence-electron chi connectivity index (χ1n) is 7.25. The van der Waals surface area contributed by atoms with Crippen molar-refractivity contribution in [1.82, 2.24) is 15.5 Å². The van der Waals surface area contributed by atoms with Crippen LogP contribution in [0.25, 0.3) is 11.7 Å². The fraction of sp³-hybridized carbons (Fsp3) is 0.125. The molecular weight excluding hydrogens is 328 g/mol. The fourth-order valence-electron chi connectivity index (χ4n) is 1.99. The molecule has 3 rings (SSSR count). The standard InChI is InChI=1S/C16H14N4O5/c1-23-16(22)18-11-5-2-4-10(8-11)14(21)17-9-13-19-15(25-20-13)12-6-3-7-24-12/h2-8H,9H2,1H3,(H,17,21)(H,18,22). The van der Waals surface area contributed by atoms with Gasteiger partial charge in [0.15, 0.2) is 11.6 Å². The van der Waals surface area contributed by atoms with Gasteiger partial charge in [0.25, 0.3) is 11.8 Å². The van der Waals surface area contributed by atoms with Gasteiger partial charge < -0.3 is 19.0 Å². The van der Waals surface area contributed by atoms with Crippen LogP contribution in [0.2, 0.25) is 0 Å². The molecule has 128 valence electrons. The van der Waals surface area contributed by atoms with Gasteiger partial charge in [-0.3, -0.25) is 10.1 Å². The Hall–Kier alpha value is -3.62. The second-order valence-corrected chi connectivity index (χ2v) is 4.87. The van der Waals surface area contributed by atoms with Gasteiger partial charge in [0.2, 0.25) is 0 Å². The van der Waals surface area contributed by atoms with Crippen molar-refractivity contribution in [3.8, 4) is 11.7 Å². The van der Waals surface area contributed by atoms with Gasteiger partial charge in [0.05, 0.1) is 19.9 Å². The highest BCUT2D eigenvalue weighted by atomic mass is 16.5. The number of carbonyl (C=O) groups is 2. The van der Waals surface area contributed by atoms with Crippen LogP contribution in [0, 0.1) is 0 Å². The van der Waals surface area contributed by atoms with E-state index in [0.717, 1.165) is 0 Å². The molecule has 3 aromatic rings. The lowest BCUT2D eigenvalue weighted by atomic mass is 10.2. The summed E-state index contributed by atoms with van der Waals surface area (Å²) in [5, 5.41) is 8.93. The number of carbonyl (C=O) groups excluding carboxylic acids is 2. The molecule has 2 aromatic heterocycles. The monoisotopic (exact) mass is 342 g/mol. The van der Waals surface area contributed by atoms with Crippen LogP contribution in [0.15, 0.2) is 51.6 Å². The van der Waals surface area contributed by atoms with E-state index >= 15 is 0 Å². The smallest absolute Gasteiger partial charge is 0.411 e. The second kappa shape index (κ2) is 7.30. The van der Waals surface area contributed by atoms with E-state index in [1.807, 2.05) is 0 Å². The first-order valence-corrected chi connectivity index (χ1v) is 7.25. The van der Waals surface area contributed by atoms with Gasteiger partial charge in [0.1, 0.15) is 0 Å². The summed E-state index contributed by atoms with van der Waals surface area (Å²) in [5.74, 6) is 0.645. The van der Waals surface area contributed by atoms with Crippen molar-refractivity contribution in [3.05, 3.63) is 54.0 Å². The van der Waals surface area contributed by atoms with Crippen LogP contribution < -0.4 is 10.6 Å². The van der Waals surface area contributed by atoms with E-state index in [2.05, 4.69) is 25.5 Å². The molecule has 1 aromatic carbocycles. The van der Waals surface area contributed by atoms with Crippen molar-refractivity contribution in [2.75, 3.05) is 12.4 Å². The highest BCUT2D eigenvalue weighted by Gasteiger charge is 2.13. The Balaban J connectivity index is 1.61. The van der Waals surface area contributed by atoms with Gasteiger partial charge in [-0.25, -0.2) is 4.79 Å². The Labute approximate surface area is 142 Å². The van der Waals surface area contributed by atoms with Gasteiger partial charge in [-0.05, 0) is 30.3 Å². The molecule has 0 radical (unpaired) electrons. The van der Waals surface area contributed by atoms with Crippen molar-refractivity contribution in [1.29, 1.82) is 0 Å². The minimum Gasteiger partial charge on any atom is -0.459 e. The zero-order chi connectivity index (χ0) is 17.6. The maximum Gasteiger partial charge on any atom is 0.411 e. The number of amides is 2. The van der Waals surface area contributed by atoms with Gasteiger partial charge >= 0.3 is 6.09 Å². The summed E-state index contributed by atoms with van der Waals surface area (Å²) >= 11 is 0. The third kappa shape index (κ3) is 4.02. The number of furan rings is 1. The summed E-state index contributed by atoms with van der Waals surface area (Å²) in [4.78, 5) is 27.5. The molecular formula is C16H14N4O5. The number of anilines is 1. The SMILES string of the molecule is COC(=O)Nc1cccc(C(=O)NCc2noc(-c3ccco3)n2)c1. The summed E-state index contributed by atoms with van der Waals surface area (Å²) in [6.45, 7) is 0.0811. The van der Waals surface area contributed by atoms with Crippen LogP contribution in [0.5, 0.6) is 0 Å². The molecule has 0 bridgehead atoms. The predicted octanol–water partition coefficient (Wildman–Crippen LogP) is 2.44. The Bertz CT molecular complexity index is 872. The van der Waals surface area contributed by atoms with E-state index in [-0.39, 0.29) is 18.3 Å². The molecule has 25 heavy (non-hydrogen) atoms. The number of hydrogen-bond donors (Lipinski definition) is 2. The van der Waals surface area contributed by atoms with Gasteiger partial charge in [-0.2, -0.15) is 4.98 Å². The minimum absolute atomic E-state index is 0.0811. The molecule has 0 saturated heterocycles. The van der Waals surface area contributed by atoms with Gasteiger partial charge in [-0.15, -0.1) is 0 Å². The van der Waals surface area contributed by atoms with Crippen LogP contribution in [0.3, 0.4) is 0 Å². The van der Waals surface area contributed by atoms with Crippen molar-refractivity contribution in [2.45, 2.75) is 6.54 Å². The number of nitrogens with zero attached hydrogens (tertiary/aromatic N) is 2. The lowest BCUT2D eigenvalue weighted by Gasteiger charge is -2.06. The van der Waals surface area contributed by atoms with Crippen molar-refractivity contribution in [2.24, 2.45) is 0 Å². The topological polar surface area (TPSA) is 119 Å². The lowest BCUT2D eigenvalue weighted by molar-refractivity contribution is 0.0949. The number of benzene rings is 1. The molecule has 2 amide bonds. The van der Waals surface area contributed by atoms with Gasteiger partial charge in [-0.1, -0.05) is 11.2 Å². The van der Waals surface area contributed by atoms with E-state index in [1.165, 1.54) is 19.4 Å². The summed E-state index contributed by atoms with van der Waals surface area (Å²) in [6.07, 6.45) is 0.880. The molecule has 0 unspecified atom stereocenters. The molecule has 0 atom stereocenters. The van der Waals surface area contributed by atoms with E-state index in [9.17, 15) is 9.59 Å². The van der Waals surface area contributed by atoms with Crippen LogP contribution in [0.1, 0.15) is 16.2 Å². The summed E-state index contributed by atoms with van der Waals surface area (Å²) in [5.41, 5.74) is 0.808. The Kier molecular flexibility index (Phi) is 4.74. The fourth-order valence-corrected chi connectivity index (χ4v) is 1.99. The number of hydrogen-bond acceptors (Lipinski definition) is 7. The number of methoxy groups -OCH3 is 1. The van der Waals surface area contributed by atoms with Crippen LogP contribution in [-0.4, -0.2) is 29.3 Å². The molecule has 9 heteroatoms. The molecule has 9 nitrogen and oxygen atoms in total. The van der Waals surface area contributed by atoms with Crippen LogP contribution in [-0.2, 0) is 11.3 Å². The maximum atomic E-state index is 12.2. The van der Waals surface area contributed by atoms with E-state index < -0.39 is 6.09 Å². The van der Waals surface area contributed by atoms with E-state index in [4.69, 9.17) is 8.94 Å². The molecule has 0 aliphatic rings. The Morgan fingerprint density at radius 1 is 1.24 bits per heavy atom. The minimum atomic E-state index is -0.616. The van der Waals surface area contributed by atoms with Crippen molar-refractivity contribution >= 4 is 17.7 Å². The zero-order valence-corrected chi connectivity index (χ0v) is 13.2. The largest absolute Gasteiger partial charge is 0.459 e. The first-order chi connectivity index (χ1) is 12.2. The molecule has 0 spiro atoms. The van der Waals surface area contributed by atoms with Crippen molar-refractivity contribution in [3.63, 3.8) is 0 Å². The average molecular weight is 342 g/mol. The molecule has 2 N–H and O–H groups in total. The average Bonchev–Trinajstić information content (AvgIpc) is 3.31. The van der Waals surface area contributed by atoms with Crippen LogP contribution in [0.4, 0.5) is 10.5 Å². The quantitative estimate of drug-likeness (QED) is 0.730. The zero-order valence-electron chi connectivity index (χ0n) is 13.2. The Morgan fingerprint density at radius 2 is 2.12 bits per heavy atom. The summed E-state index contributed by atoms with van der Waals surface area (Å²) < 4.78 is 14.7. The first kappa shape index (κ1) is 16.2. The highest BCUT2D eigenvalue weighted by Crippen LogP contribution is 2.17. The molecule has 0 saturated carbocycles. The molecule has 0 aliphatic carbocycles. The second-order valence-electron chi connectivity index (χ2n) is 4.87. The highest BCUT2D eigenvalue weighted by molar-refractivity contribution is 5.96. The van der Waals surface area contributed by atoms with Crippen LogP contribution >= 0.6 is 0 Å². The number of ether oxygens (including phenoxy) is 1. The number of nitrogens with one attached hydrogen (secondary N) is 2. The number of rotatable bonds is 5. The summed E-state index contributed by atoms with van der Waals surface area (Å²) in [6, 6.07) is 9.82. The third-order valence-corrected chi connectivity index (χ3v) is 3.16. The summed E-state index contributed by atoms with van der Waals surface area (Å²) in [7, 11) is 1.26. The normalized spacial score (nSPS) is 10.3. The lowest BCUT2D eigenvalue weighted by Crippen LogP contribution is -2.23. The number of aromatic nitrogens is 2. The van der Waals surface area contributed by atoms with E-state index in [1.54, 1.807) is 30.3 Å².